The first kappa shape index (κ1) is 48.7. The molecule has 0 aliphatic carbocycles. The van der Waals surface area contributed by atoms with Gasteiger partial charge in [0.25, 0.3) is 0 Å². The lowest BCUT2D eigenvalue weighted by Gasteiger charge is -2.31. The summed E-state index contributed by atoms with van der Waals surface area (Å²) in [7, 11) is 0. The monoisotopic (exact) mass is 742 g/mol. The van der Waals surface area contributed by atoms with Crippen LogP contribution < -0.4 is 26.6 Å². The van der Waals surface area contributed by atoms with E-state index in [4.69, 9.17) is 5.11 Å². The summed E-state index contributed by atoms with van der Waals surface area (Å²) in [4.78, 5) is 76.6. The van der Waals surface area contributed by atoms with Gasteiger partial charge >= 0.3 is 5.97 Å². The van der Waals surface area contributed by atoms with Crippen molar-refractivity contribution in [2.45, 2.75) is 176 Å². The summed E-state index contributed by atoms with van der Waals surface area (Å²) < 4.78 is 0. The van der Waals surface area contributed by atoms with Gasteiger partial charge in [0.2, 0.25) is 29.5 Å². The maximum atomic E-state index is 13.6. The van der Waals surface area contributed by atoms with Gasteiger partial charge in [-0.3, -0.25) is 28.8 Å². The van der Waals surface area contributed by atoms with E-state index in [0.29, 0.717) is 25.2 Å². The zero-order chi connectivity index (χ0) is 40.3. The number of amides is 5. The quantitative estimate of drug-likeness (QED) is 0.0610. The fourth-order valence-corrected chi connectivity index (χ4v) is 5.81. The molecule has 0 saturated heterocycles. The zero-order valence-corrected chi connectivity index (χ0v) is 33.6. The molecule has 0 rings (SSSR count). The number of carbonyl (C=O) groups excluding carboxylic acids is 5. The fourth-order valence-electron chi connectivity index (χ4n) is 5.81. The second-order valence-electron chi connectivity index (χ2n) is 16.2. The zero-order valence-electron chi connectivity index (χ0n) is 33.6. The van der Waals surface area contributed by atoms with E-state index in [-0.39, 0.29) is 29.6 Å². The Morgan fingerprint density at radius 3 is 1.42 bits per heavy atom. The molecule has 7 atom stereocenters. The van der Waals surface area contributed by atoms with Gasteiger partial charge in [-0.15, -0.1) is 0 Å². The van der Waals surface area contributed by atoms with Crippen molar-refractivity contribution >= 4 is 35.5 Å². The van der Waals surface area contributed by atoms with Gasteiger partial charge in [-0.2, -0.15) is 0 Å². The number of carboxylic acids is 1. The number of aliphatic hydroxyl groups is 2. The molecule has 0 spiro atoms. The highest BCUT2D eigenvalue weighted by molar-refractivity contribution is 5.92. The van der Waals surface area contributed by atoms with Crippen LogP contribution in [-0.4, -0.2) is 93.2 Å². The van der Waals surface area contributed by atoms with Crippen LogP contribution in [-0.2, 0) is 28.8 Å². The first-order valence-corrected chi connectivity index (χ1v) is 19.1. The molecule has 302 valence electrons. The van der Waals surface area contributed by atoms with E-state index < -0.39 is 84.9 Å². The number of hydrogen-bond donors (Lipinski definition) is 8. The van der Waals surface area contributed by atoms with Gasteiger partial charge < -0.3 is 41.9 Å². The Bertz CT molecular complexity index is 1130. The maximum Gasteiger partial charge on any atom is 0.306 e. The Kier molecular flexibility index (Phi) is 23.3. The van der Waals surface area contributed by atoms with Gasteiger partial charge in [0.15, 0.2) is 0 Å². The molecule has 5 amide bonds. The third-order valence-corrected chi connectivity index (χ3v) is 8.78. The number of rotatable bonds is 26. The van der Waals surface area contributed by atoms with Crippen molar-refractivity contribution in [3.05, 3.63) is 0 Å². The molecule has 0 aromatic heterocycles. The van der Waals surface area contributed by atoms with Crippen LogP contribution in [0, 0.1) is 29.6 Å². The average molecular weight is 742 g/mol. The lowest BCUT2D eigenvalue weighted by Crippen LogP contribution is -2.59. The molecule has 0 heterocycles. The molecule has 0 saturated carbocycles. The largest absolute Gasteiger partial charge is 0.481 e. The van der Waals surface area contributed by atoms with Crippen molar-refractivity contribution in [2.24, 2.45) is 29.6 Å². The SMILES string of the molecule is CC(C)CCCCCC(=O)N[C@H](C(=O)N[C@H](C(=O)N[C@@H](CC(C)C)[C@@H](O)CC(=O)N[C@@H](C)C(=O)N[C@@H](CC(C)C)[C@@H](O)CC(=O)O)C(C)C)C(C)C. The van der Waals surface area contributed by atoms with Crippen LogP contribution >= 0.6 is 0 Å². The summed E-state index contributed by atoms with van der Waals surface area (Å²) in [5.74, 6) is -3.67. The first-order valence-electron chi connectivity index (χ1n) is 19.1. The predicted molar refractivity (Wildman–Crippen MR) is 201 cm³/mol. The number of unbranched alkanes of at least 4 members (excludes halogenated alkanes) is 2. The summed E-state index contributed by atoms with van der Waals surface area (Å²) in [6.45, 7) is 20.4. The normalized spacial score (nSPS) is 15.8. The van der Waals surface area contributed by atoms with E-state index in [0.717, 1.165) is 25.7 Å². The van der Waals surface area contributed by atoms with Crippen molar-refractivity contribution in [2.75, 3.05) is 0 Å². The van der Waals surface area contributed by atoms with Crippen LogP contribution in [0.2, 0.25) is 0 Å². The van der Waals surface area contributed by atoms with Crippen LogP contribution in [0.5, 0.6) is 0 Å². The van der Waals surface area contributed by atoms with Crippen molar-refractivity contribution in [1.82, 2.24) is 26.6 Å². The topological polar surface area (TPSA) is 223 Å². The molecule has 14 heteroatoms. The molecular formula is C38H71N5O9. The minimum absolute atomic E-state index is 0.0147. The van der Waals surface area contributed by atoms with Crippen LogP contribution in [0.1, 0.15) is 134 Å². The molecular weight excluding hydrogens is 670 g/mol. The molecule has 0 unspecified atom stereocenters. The maximum absolute atomic E-state index is 13.6. The number of nitrogens with one attached hydrogen (secondary N) is 5. The molecule has 0 fully saturated rings. The number of carboxylic acid groups (broad SMARTS) is 1. The van der Waals surface area contributed by atoms with Crippen molar-refractivity contribution in [3.63, 3.8) is 0 Å². The molecule has 0 aliphatic heterocycles. The van der Waals surface area contributed by atoms with Crippen LogP contribution in [0.3, 0.4) is 0 Å². The molecule has 0 aromatic carbocycles. The number of aliphatic carboxylic acids is 1. The summed E-state index contributed by atoms with van der Waals surface area (Å²) in [6, 6.07) is -4.61. The minimum Gasteiger partial charge on any atom is -0.481 e. The predicted octanol–water partition coefficient (Wildman–Crippen LogP) is 3.03. The molecule has 0 aliphatic rings. The summed E-state index contributed by atoms with van der Waals surface area (Å²) in [6.07, 6.45) is 1.09. The van der Waals surface area contributed by atoms with Gasteiger partial charge in [0, 0.05) is 6.42 Å². The van der Waals surface area contributed by atoms with E-state index >= 15 is 0 Å². The Morgan fingerprint density at radius 2 is 0.962 bits per heavy atom. The third kappa shape index (κ3) is 20.7. The van der Waals surface area contributed by atoms with Crippen LogP contribution in [0.15, 0.2) is 0 Å². The van der Waals surface area contributed by atoms with E-state index in [2.05, 4.69) is 40.4 Å². The highest BCUT2D eigenvalue weighted by atomic mass is 16.4. The summed E-state index contributed by atoms with van der Waals surface area (Å²) in [5.41, 5.74) is 0. The highest BCUT2D eigenvalue weighted by Crippen LogP contribution is 2.15. The molecule has 0 aromatic rings. The van der Waals surface area contributed by atoms with Gasteiger partial charge in [-0.1, -0.05) is 88.5 Å². The van der Waals surface area contributed by atoms with Crippen LogP contribution in [0.4, 0.5) is 0 Å². The highest BCUT2D eigenvalue weighted by Gasteiger charge is 2.34. The summed E-state index contributed by atoms with van der Waals surface area (Å²) >= 11 is 0. The second kappa shape index (κ2) is 24.9. The lowest BCUT2D eigenvalue weighted by atomic mass is 9.95. The van der Waals surface area contributed by atoms with Crippen LogP contribution in [0.25, 0.3) is 0 Å². The molecule has 8 N–H and O–H groups in total. The standard InChI is InChI=1S/C38H71N5O9/c1-21(2)15-13-12-14-16-31(46)42-34(24(7)8)38(52)43-35(25(9)10)37(51)41-27(17-22(3)4)29(44)19-32(47)39-26(11)36(50)40-28(18-23(5)6)30(45)20-33(48)49/h21-30,34-35,44-45H,12-20H2,1-11H3,(H,39,47)(H,40,50)(H,41,51)(H,42,46)(H,43,52)(H,48,49)/t26-,27-,28-,29-,30-,34-,35-/m0/s1. The molecule has 0 radical (unpaired) electrons. The van der Waals surface area contributed by atoms with Gasteiger partial charge in [0.1, 0.15) is 18.1 Å². The van der Waals surface area contributed by atoms with Crippen molar-refractivity contribution in [1.29, 1.82) is 0 Å². The minimum atomic E-state index is -1.33. The Morgan fingerprint density at radius 1 is 0.500 bits per heavy atom. The summed E-state index contributed by atoms with van der Waals surface area (Å²) in [5, 5.41) is 44.1. The first-order chi connectivity index (χ1) is 24.0. The van der Waals surface area contributed by atoms with Gasteiger partial charge in [-0.05, 0) is 55.8 Å². The molecule has 14 nitrogen and oxygen atoms in total. The van der Waals surface area contributed by atoms with Crippen molar-refractivity contribution < 1.29 is 44.1 Å². The second-order valence-corrected chi connectivity index (χ2v) is 16.2. The number of hydrogen-bond acceptors (Lipinski definition) is 8. The van der Waals surface area contributed by atoms with E-state index in [1.165, 1.54) is 6.92 Å². The third-order valence-electron chi connectivity index (χ3n) is 8.78. The van der Waals surface area contributed by atoms with E-state index in [9.17, 15) is 39.0 Å². The Hall–Kier alpha value is -3.26. The Balaban J connectivity index is 5.53. The Labute approximate surface area is 311 Å². The van der Waals surface area contributed by atoms with E-state index in [1.54, 1.807) is 13.8 Å². The smallest absolute Gasteiger partial charge is 0.306 e. The fraction of sp³-hybridized carbons (Fsp3) is 0.842. The number of aliphatic hydroxyl groups excluding tert-OH is 2. The molecule has 0 bridgehead atoms. The lowest BCUT2D eigenvalue weighted by molar-refractivity contribution is -0.140. The van der Waals surface area contributed by atoms with Gasteiger partial charge in [0.05, 0.1) is 37.1 Å². The molecule has 52 heavy (non-hydrogen) atoms. The number of carbonyl (C=O) groups is 6. The average Bonchev–Trinajstić information content (AvgIpc) is 2.99. The van der Waals surface area contributed by atoms with Gasteiger partial charge in [-0.25, -0.2) is 0 Å². The van der Waals surface area contributed by atoms with Crippen molar-refractivity contribution in [3.8, 4) is 0 Å². The van der Waals surface area contributed by atoms with E-state index in [1.807, 2.05) is 41.5 Å².